The lowest BCUT2D eigenvalue weighted by Gasteiger charge is -2.05. The molecule has 0 atom stereocenters. The van der Waals surface area contributed by atoms with Crippen molar-refractivity contribution in [3.05, 3.63) is 72.2 Å². The lowest BCUT2D eigenvalue weighted by Crippen LogP contribution is -1.96. The molecular weight excluding hydrogens is 283 g/mol. The monoisotopic (exact) mass is 294 g/mol. The molecule has 22 heavy (non-hydrogen) atoms. The van der Waals surface area contributed by atoms with E-state index in [1.54, 1.807) is 36.5 Å². The van der Waals surface area contributed by atoms with Gasteiger partial charge in [-0.2, -0.15) is 0 Å². The molecule has 0 radical (unpaired) electrons. The molecule has 1 heterocycles. The van der Waals surface area contributed by atoms with Crippen LogP contribution in [-0.4, -0.2) is 21.0 Å². The molecule has 0 aliphatic heterocycles. The van der Waals surface area contributed by atoms with Gasteiger partial charge in [0, 0.05) is 17.3 Å². The van der Waals surface area contributed by atoms with Crippen molar-refractivity contribution in [3.63, 3.8) is 0 Å². The number of carbonyl (C=O) groups is 1. The molecule has 108 valence electrons. The third-order valence-corrected chi connectivity index (χ3v) is 3.17. The van der Waals surface area contributed by atoms with Gasteiger partial charge in [0.1, 0.15) is 5.82 Å². The highest BCUT2D eigenvalue weighted by Gasteiger charge is 2.07. The molecule has 0 saturated carbocycles. The predicted octanol–water partition coefficient (Wildman–Crippen LogP) is 3.65. The van der Waals surface area contributed by atoms with Gasteiger partial charge in [-0.15, -0.1) is 0 Å². The SMILES string of the molecule is O=C(O)c1ccc(-c2nccc(-c3cccc(F)c3)n2)cc1. The summed E-state index contributed by atoms with van der Waals surface area (Å²) in [6, 6.07) is 14.1. The van der Waals surface area contributed by atoms with E-state index >= 15 is 0 Å². The highest BCUT2D eigenvalue weighted by Crippen LogP contribution is 2.21. The number of benzene rings is 2. The molecule has 5 heteroatoms. The van der Waals surface area contributed by atoms with Crippen molar-refractivity contribution in [1.29, 1.82) is 0 Å². The third-order valence-electron chi connectivity index (χ3n) is 3.17. The summed E-state index contributed by atoms with van der Waals surface area (Å²) in [5, 5.41) is 8.90. The number of nitrogens with zero attached hydrogens (tertiary/aromatic N) is 2. The van der Waals surface area contributed by atoms with Gasteiger partial charge in [0.15, 0.2) is 5.82 Å². The van der Waals surface area contributed by atoms with Crippen molar-refractivity contribution in [2.75, 3.05) is 0 Å². The highest BCUT2D eigenvalue weighted by atomic mass is 19.1. The maximum Gasteiger partial charge on any atom is 0.335 e. The van der Waals surface area contributed by atoms with Crippen LogP contribution in [0.4, 0.5) is 4.39 Å². The number of halogens is 1. The van der Waals surface area contributed by atoms with Crippen LogP contribution >= 0.6 is 0 Å². The Morgan fingerprint density at radius 3 is 2.45 bits per heavy atom. The fraction of sp³-hybridized carbons (Fsp3) is 0. The topological polar surface area (TPSA) is 63.1 Å². The smallest absolute Gasteiger partial charge is 0.335 e. The number of aromatic nitrogens is 2. The van der Waals surface area contributed by atoms with E-state index in [0.717, 1.165) is 0 Å². The van der Waals surface area contributed by atoms with Crippen molar-refractivity contribution in [2.45, 2.75) is 0 Å². The maximum absolute atomic E-state index is 13.3. The normalized spacial score (nSPS) is 10.4. The zero-order chi connectivity index (χ0) is 15.5. The molecule has 0 amide bonds. The molecular formula is C17H11FN2O2. The summed E-state index contributed by atoms with van der Waals surface area (Å²) in [7, 11) is 0. The molecule has 0 fully saturated rings. The lowest BCUT2D eigenvalue weighted by molar-refractivity contribution is 0.0697. The van der Waals surface area contributed by atoms with Gasteiger partial charge < -0.3 is 5.11 Å². The summed E-state index contributed by atoms with van der Waals surface area (Å²) in [4.78, 5) is 19.4. The molecule has 3 aromatic rings. The van der Waals surface area contributed by atoms with Gasteiger partial charge in [0.2, 0.25) is 0 Å². The molecule has 0 saturated heterocycles. The van der Waals surface area contributed by atoms with Gasteiger partial charge in [0.25, 0.3) is 0 Å². The summed E-state index contributed by atoms with van der Waals surface area (Å²) in [5.74, 6) is -0.858. The molecule has 1 aromatic heterocycles. The van der Waals surface area contributed by atoms with Gasteiger partial charge in [0.05, 0.1) is 11.3 Å². The van der Waals surface area contributed by atoms with Crippen molar-refractivity contribution in [3.8, 4) is 22.6 Å². The van der Waals surface area contributed by atoms with Crippen LogP contribution in [0.25, 0.3) is 22.6 Å². The van der Waals surface area contributed by atoms with Crippen LogP contribution in [0.5, 0.6) is 0 Å². The van der Waals surface area contributed by atoms with Crippen LogP contribution in [-0.2, 0) is 0 Å². The standard InChI is InChI=1S/C17H11FN2O2/c18-14-3-1-2-13(10-14)15-8-9-19-16(20-15)11-4-6-12(7-5-11)17(21)22/h1-10H,(H,21,22). The number of aromatic carboxylic acids is 1. The Bertz CT molecular complexity index is 832. The average molecular weight is 294 g/mol. The summed E-state index contributed by atoms with van der Waals surface area (Å²) < 4.78 is 13.3. The summed E-state index contributed by atoms with van der Waals surface area (Å²) in [5.41, 5.74) is 2.16. The Labute approximate surface area is 125 Å². The molecule has 2 aromatic carbocycles. The average Bonchev–Trinajstić information content (AvgIpc) is 2.55. The van der Waals surface area contributed by atoms with E-state index in [9.17, 15) is 9.18 Å². The van der Waals surface area contributed by atoms with Crippen molar-refractivity contribution in [1.82, 2.24) is 9.97 Å². The zero-order valence-corrected chi connectivity index (χ0v) is 11.4. The van der Waals surface area contributed by atoms with Crippen molar-refractivity contribution in [2.24, 2.45) is 0 Å². The largest absolute Gasteiger partial charge is 0.478 e. The molecule has 1 N–H and O–H groups in total. The lowest BCUT2D eigenvalue weighted by atomic mass is 10.1. The minimum atomic E-state index is -0.985. The third kappa shape index (κ3) is 2.83. The highest BCUT2D eigenvalue weighted by molar-refractivity contribution is 5.88. The summed E-state index contributed by atoms with van der Waals surface area (Å²) in [6.07, 6.45) is 1.59. The predicted molar refractivity (Wildman–Crippen MR) is 79.8 cm³/mol. The zero-order valence-electron chi connectivity index (χ0n) is 11.4. The number of hydrogen-bond acceptors (Lipinski definition) is 3. The van der Waals surface area contributed by atoms with E-state index in [1.165, 1.54) is 24.3 Å². The first kappa shape index (κ1) is 13.9. The second-order valence-corrected chi connectivity index (χ2v) is 4.66. The maximum atomic E-state index is 13.3. The quantitative estimate of drug-likeness (QED) is 0.801. The van der Waals surface area contributed by atoms with E-state index in [0.29, 0.717) is 22.6 Å². The molecule has 0 spiro atoms. The van der Waals surface area contributed by atoms with E-state index in [4.69, 9.17) is 5.11 Å². The van der Waals surface area contributed by atoms with Crippen LogP contribution in [0.3, 0.4) is 0 Å². The number of carboxylic acids is 1. The van der Waals surface area contributed by atoms with Gasteiger partial charge in [-0.25, -0.2) is 19.2 Å². The van der Waals surface area contributed by atoms with E-state index in [2.05, 4.69) is 9.97 Å². The molecule has 0 aliphatic rings. The van der Waals surface area contributed by atoms with E-state index < -0.39 is 5.97 Å². The first-order chi connectivity index (χ1) is 10.6. The van der Waals surface area contributed by atoms with Crippen LogP contribution < -0.4 is 0 Å². The molecule has 0 unspecified atom stereocenters. The van der Waals surface area contributed by atoms with Crippen molar-refractivity contribution < 1.29 is 14.3 Å². The minimum Gasteiger partial charge on any atom is -0.478 e. The second-order valence-electron chi connectivity index (χ2n) is 4.66. The number of carboxylic acid groups (broad SMARTS) is 1. The fourth-order valence-electron chi connectivity index (χ4n) is 2.07. The Morgan fingerprint density at radius 1 is 1.00 bits per heavy atom. The van der Waals surface area contributed by atoms with Crippen LogP contribution in [0.15, 0.2) is 60.8 Å². The first-order valence-corrected chi connectivity index (χ1v) is 6.56. The van der Waals surface area contributed by atoms with Gasteiger partial charge in [-0.05, 0) is 30.3 Å². The van der Waals surface area contributed by atoms with E-state index in [-0.39, 0.29) is 11.4 Å². The Morgan fingerprint density at radius 2 is 1.77 bits per heavy atom. The Balaban J connectivity index is 1.99. The summed E-state index contributed by atoms with van der Waals surface area (Å²) >= 11 is 0. The molecule has 0 aliphatic carbocycles. The minimum absolute atomic E-state index is 0.199. The van der Waals surface area contributed by atoms with Gasteiger partial charge in [-0.3, -0.25) is 0 Å². The van der Waals surface area contributed by atoms with Crippen molar-refractivity contribution >= 4 is 5.97 Å². The Hall–Kier alpha value is -3.08. The second kappa shape index (κ2) is 5.73. The van der Waals surface area contributed by atoms with Crippen LogP contribution in [0.1, 0.15) is 10.4 Å². The first-order valence-electron chi connectivity index (χ1n) is 6.56. The Kier molecular flexibility index (Phi) is 3.62. The number of hydrogen-bond donors (Lipinski definition) is 1. The number of rotatable bonds is 3. The van der Waals surface area contributed by atoms with E-state index in [1.807, 2.05) is 0 Å². The molecule has 3 rings (SSSR count). The molecule has 4 nitrogen and oxygen atoms in total. The van der Waals surface area contributed by atoms with Crippen LogP contribution in [0, 0.1) is 5.82 Å². The van der Waals surface area contributed by atoms with Gasteiger partial charge >= 0.3 is 5.97 Å². The van der Waals surface area contributed by atoms with Gasteiger partial charge in [-0.1, -0.05) is 24.3 Å². The van der Waals surface area contributed by atoms with Crippen LogP contribution in [0.2, 0.25) is 0 Å². The summed E-state index contributed by atoms with van der Waals surface area (Å²) in [6.45, 7) is 0. The molecule has 0 bridgehead atoms. The fourth-order valence-corrected chi connectivity index (χ4v) is 2.07.